The standard InChI is InChI=1S/C13H22O2/c1-9(8-14)12-7-11-4-2-3-10(11)5-6-13(12)15/h10-15H,1-8H2/t10-,11-,12+,13+/m0/s1. The summed E-state index contributed by atoms with van der Waals surface area (Å²) in [5.74, 6) is 1.75. The topological polar surface area (TPSA) is 40.5 Å². The largest absolute Gasteiger partial charge is 0.393 e. The number of fused-ring (bicyclic) bond motifs is 1. The summed E-state index contributed by atoms with van der Waals surface area (Å²) in [5, 5.41) is 19.2. The molecule has 86 valence electrons. The number of aliphatic hydroxyl groups excluding tert-OH is 2. The van der Waals surface area contributed by atoms with Gasteiger partial charge in [-0.25, -0.2) is 0 Å². The molecule has 0 unspecified atom stereocenters. The maximum atomic E-state index is 10.0. The highest BCUT2D eigenvalue weighted by molar-refractivity contribution is 5.06. The third-order valence-electron chi connectivity index (χ3n) is 4.40. The van der Waals surface area contributed by atoms with Crippen LogP contribution in [0.3, 0.4) is 0 Å². The van der Waals surface area contributed by atoms with E-state index in [9.17, 15) is 5.11 Å². The first kappa shape index (κ1) is 11.2. The average Bonchev–Trinajstić information content (AvgIpc) is 2.63. The molecule has 0 saturated heterocycles. The smallest absolute Gasteiger partial charge is 0.0642 e. The first-order valence-electron chi connectivity index (χ1n) is 6.19. The molecule has 0 aromatic rings. The maximum Gasteiger partial charge on any atom is 0.0642 e. The molecule has 0 radical (unpaired) electrons. The Balaban J connectivity index is 2.06. The predicted molar refractivity (Wildman–Crippen MR) is 60.4 cm³/mol. The van der Waals surface area contributed by atoms with E-state index in [2.05, 4.69) is 6.58 Å². The number of hydrogen-bond acceptors (Lipinski definition) is 2. The van der Waals surface area contributed by atoms with E-state index in [-0.39, 0.29) is 18.6 Å². The fourth-order valence-corrected chi connectivity index (χ4v) is 3.43. The fraction of sp³-hybridized carbons (Fsp3) is 0.846. The molecule has 0 aliphatic heterocycles. The second-order valence-corrected chi connectivity index (χ2v) is 5.25. The average molecular weight is 210 g/mol. The van der Waals surface area contributed by atoms with Gasteiger partial charge in [-0.15, -0.1) is 0 Å². The van der Waals surface area contributed by atoms with Crippen molar-refractivity contribution in [3.05, 3.63) is 12.2 Å². The quantitative estimate of drug-likeness (QED) is 0.685. The molecule has 2 fully saturated rings. The van der Waals surface area contributed by atoms with Crippen LogP contribution in [0.4, 0.5) is 0 Å². The van der Waals surface area contributed by atoms with Gasteiger partial charge < -0.3 is 10.2 Å². The number of aliphatic hydroxyl groups is 2. The van der Waals surface area contributed by atoms with E-state index in [0.717, 1.165) is 30.3 Å². The van der Waals surface area contributed by atoms with Crippen LogP contribution in [0.1, 0.15) is 38.5 Å². The van der Waals surface area contributed by atoms with Crippen LogP contribution in [0, 0.1) is 17.8 Å². The van der Waals surface area contributed by atoms with Crippen molar-refractivity contribution in [2.24, 2.45) is 17.8 Å². The minimum Gasteiger partial charge on any atom is -0.393 e. The summed E-state index contributed by atoms with van der Waals surface area (Å²) in [6, 6.07) is 0. The Labute approximate surface area is 92.0 Å². The molecule has 2 saturated carbocycles. The summed E-state index contributed by atoms with van der Waals surface area (Å²) in [5.41, 5.74) is 0.829. The van der Waals surface area contributed by atoms with Crippen molar-refractivity contribution in [2.45, 2.75) is 44.6 Å². The van der Waals surface area contributed by atoms with Gasteiger partial charge in [-0.05, 0) is 36.7 Å². The van der Waals surface area contributed by atoms with E-state index in [0.29, 0.717) is 0 Å². The van der Waals surface area contributed by atoms with Gasteiger partial charge in [-0.3, -0.25) is 0 Å². The molecule has 0 heterocycles. The normalized spacial score (nSPS) is 40.9. The molecule has 4 atom stereocenters. The number of hydrogen-bond donors (Lipinski definition) is 2. The summed E-state index contributed by atoms with van der Waals surface area (Å²) >= 11 is 0. The molecular formula is C13H22O2. The van der Waals surface area contributed by atoms with E-state index < -0.39 is 0 Å². The van der Waals surface area contributed by atoms with Crippen LogP contribution in [0.15, 0.2) is 12.2 Å². The Kier molecular flexibility index (Phi) is 3.47. The molecule has 0 spiro atoms. The first-order chi connectivity index (χ1) is 7.22. The van der Waals surface area contributed by atoms with Crippen molar-refractivity contribution < 1.29 is 10.2 Å². The number of rotatable bonds is 2. The lowest BCUT2D eigenvalue weighted by atomic mass is 9.84. The predicted octanol–water partition coefficient (Wildman–Crippen LogP) is 2.11. The molecule has 0 aromatic heterocycles. The van der Waals surface area contributed by atoms with E-state index in [1.165, 1.54) is 25.7 Å². The lowest BCUT2D eigenvalue weighted by Gasteiger charge is -2.24. The maximum absolute atomic E-state index is 10.0. The van der Waals surface area contributed by atoms with Crippen molar-refractivity contribution in [3.8, 4) is 0 Å². The van der Waals surface area contributed by atoms with Crippen LogP contribution in [0.5, 0.6) is 0 Å². The van der Waals surface area contributed by atoms with Crippen LogP contribution in [-0.2, 0) is 0 Å². The van der Waals surface area contributed by atoms with Crippen molar-refractivity contribution >= 4 is 0 Å². The van der Waals surface area contributed by atoms with E-state index in [1.54, 1.807) is 0 Å². The first-order valence-corrected chi connectivity index (χ1v) is 6.19. The van der Waals surface area contributed by atoms with E-state index in [4.69, 9.17) is 5.11 Å². The highest BCUT2D eigenvalue weighted by atomic mass is 16.3. The van der Waals surface area contributed by atoms with Crippen molar-refractivity contribution in [3.63, 3.8) is 0 Å². The fourth-order valence-electron chi connectivity index (χ4n) is 3.43. The second-order valence-electron chi connectivity index (χ2n) is 5.25. The van der Waals surface area contributed by atoms with Crippen LogP contribution in [0.2, 0.25) is 0 Å². The van der Waals surface area contributed by atoms with Crippen LogP contribution < -0.4 is 0 Å². The molecule has 15 heavy (non-hydrogen) atoms. The SMILES string of the molecule is C=C(CO)[C@H]1C[C@@H]2CCC[C@H]2CC[C@H]1O. The van der Waals surface area contributed by atoms with E-state index >= 15 is 0 Å². The second kappa shape index (κ2) is 4.67. The van der Waals surface area contributed by atoms with Gasteiger partial charge in [0.15, 0.2) is 0 Å². The van der Waals surface area contributed by atoms with E-state index in [1.807, 2.05) is 0 Å². The van der Waals surface area contributed by atoms with Gasteiger partial charge >= 0.3 is 0 Å². The highest BCUT2D eigenvalue weighted by Gasteiger charge is 2.36. The summed E-state index contributed by atoms with van der Waals surface area (Å²) in [6.07, 6.45) is 6.85. The summed E-state index contributed by atoms with van der Waals surface area (Å²) in [7, 11) is 0. The Morgan fingerprint density at radius 2 is 1.87 bits per heavy atom. The Hall–Kier alpha value is -0.340. The molecular weight excluding hydrogens is 188 g/mol. The molecule has 2 heteroatoms. The Bertz CT molecular complexity index is 237. The van der Waals surface area contributed by atoms with Crippen molar-refractivity contribution in [1.82, 2.24) is 0 Å². The molecule has 0 amide bonds. The van der Waals surface area contributed by atoms with Crippen LogP contribution >= 0.6 is 0 Å². The molecule has 0 aromatic carbocycles. The van der Waals surface area contributed by atoms with Gasteiger partial charge in [-0.1, -0.05) is 25.8 Å². The lowest BCUT2D eigenvalue weighted by Crippen LogP contribution is -2.23. The van der Waals surface area contributed by atoms with Gasteiger partial charge in [0.05, 0.1) is 12.7 Å². The van der Waals surface area contributed by atoms with Gasteiger partial charge in [-0.2, -0.15) is 0 Å². The Morgan fingerprint density at radius 1 is 1.13 bits per heavy atom. The molecule has 2 rings (SSSR count). The van der Waals surface area contributed by atoms with Gasteiger partial charge in [0, 0.05) is 5.92 Å². The van der Waals surface area contributed by atoms with Gasteiger partial charge in [0.1, 0.15) is 0 Å². The molecule has 2 aliphatic rings. The monoisotopic (exact) mass is 210 g/mol. The zero-order valence-electron chi connectivity index (χ0n) is 9.36. The van der Waals surface area contributed by atoms with Crippen molar-refractivity contribution in [1.29, 1.82) is 0 Å². The lowest BCUT2D eigenvalue weighted by molar-refractivity contribution is 0.107. The molecule has 2 aliphatic carbocycles. The minimum atomic E-state index is -0.268. The van der Waals surface area contributed by atoms with Gasteiger partial charge in [0.2, 0.25) is 0 Å². The van der Waals surface area contributed by atoms with Gasteiger partial charge in [0.25, 0.3) is 0 Å². The summed E-state index contributed by atoms with van der Waals surface area (Å²) in [4.78, 5) is 0. The summed E-state index contributed by atoms with van der Waals surface area (Å²) in [6.45, 7) is 3.92. The third-order valence-corrected chi connectivity index (χ3v) is 4.40. The molecule has 2 nitrogen and oxygen atoms in total. The minimum absolute atomic E-state index is 0.0269. The Morgan fingerprint density at radius 3 is 2.60 bits per heavy atom. The van der Waals surface area contributed by atoms with Crippen molar-refractivity contribution in [2.75, 3.05) is 6.61 Å². The van der Waals surface area contributed by atoms with Crippen LogP contribution in [0.25, 0.3) is 0 Å². The zero-order valence-corrected chi connectivity index (χ0v) is 9.36. The third kappa shape index (κ3) is 2.26. The zero-order chi connectivity index (χ0) is 10.8. The van der Waals surface area contributed by atoms with Crippen LogP contribution in [-0.4, -0.2) is 22.9 Å². The highest BCUT2D eigenvalue weighted by Crippen LogP contribution is 2.44. The summed E-state index contributed by atoms with van der Waals surface area (Å²) < 4.78 is 0. The molecule has 2 N–H and O–H groups in total. The molecule has 0 bridgehead atoms.